The average molecular weight is 307 g/mol. The van der Waals surface area contributed by atoms with Gasteiger partial charge in [0.15, 0.2) is 0 Å². The molecule has 0 unspecified atom stereocenters. The Morgan fingerprint density at radius 1 is 0.913 bits per heavy atom. The van der Waals surface area contributed by atoms with E-state index >= 15 is 0 Å². The third kappa shape index (κ3) is 3.62. The predicted octanol–water partition coefficient (Wildman–Crippen LogP) is 3.18. The van der Waals surface area contributed by atoms with Gasteiger partial charge in [0, 0.05) is 17.4 Å². The standard InChI is InChI=1S/C17H13N3O3/c21-16(20-15-6-1-2-8-18-15)12-4-3-5-14(10-12)19-17(22)13-7-9-23-11-13/h1-11H,(H,19,22)(H,18,20,21). The number of hydrogen-bond donors (Lipinski definition) is 2. The van der Waals surface area contributed by atoms with Crippen LogP contribution in [0.15, 0.2) is 71.7 Å². The number of aromatic nitrogens is 1. The summed E-state index contributed by atoms with van der Waals surface area (Å²) >= 11 is 0. The predicted molar refractivity (Wildman–Crippen MR) is 85.3 cm³/mol. The lowest BCUT2D eigenvalue weighted by Gasteiger charge is -2.07. The molecule has 0 saturated heterocycles. The van der Waals surface area contributed by atoms with Crippen molar-refractivity contribution in [3.63, 3.8) is 0 Å². The van der Waals surface area contributed by atoms with Gasteiger partial charge in [0.25, 0.3) is 11.8 Å². The highest BCUT2D eigenvalue weighted by molar-refractivity contribution is 6.07. The Morgan fingerprint density at radius 3 is 2.52 bits per heavy atom. The van der Waals surface area contributed by atoms with Crippen LogP contribution in [-0.4, -0.2) is 16.8 Å². The molecule has 0 aliphatic rings. The molecular formula is C17H13N3O3. The molecule has 6 heteroatoms. The molecule has 0 saturated carbocycles. The maximum Gasteiger partial charge on any atom is 0.258 e. The molecule has 0 bridgehead atoms. The van der Waals surface area contributed by atoms with Crippen molar-refractivity contribution in [2.24, 2.45) is 0 Å². The van der Waals surface area contributed by atoms with Crippen LogP contribution < -0.4 is 10.6 Å². The minimum atomic E-state index is -0.305. The largest absolute Gasteiger partial charge is 0.472 e. The molecule has 3 aromatic rings. The highest BCUT2D eigenvalue weighted by atomic mass is 16.3. The zero-order valence-corrected chi connectivity index (χ0v) is 12.0. The zero-order valence-electron chi connectivity index (χ0n) is 12.0. The van der Waals surface area contributed by atoms with Gasteiger partial charge in [-0.05, 0) is 36.4 Å². The normalized spacial score (nSPS) is 10.1. The fraction of sp³-hybridized carbons (Fsp3) is 0. The molecule has 2 aromatic heterocycles. The van der Waals surface area contributed by atoms with Gasteiger partial charge >= 0.3 is 0 Å². The van der Waals surface area contributed by atoms with Crippen molar-refractivity contribution in [1.82, 2.24) is 4.98 Å². The summed E-state index contributed by atoms with van der Waals surface area (Å²) in [7, 11) is 0. The Labute approximate surface area is 132 Å². The molecule has 2 amide bonds. The minimum absolute atomic E-state index is 0.303. The van der Waals surface area contributed by atoms with Gasteiger partial charge in [0.1, 0.15) is 12.1 Å². The second-order valence-electron chi connectivity index (χ2n) is 4.72. The van der Waals surface area contributed by atoms with Crippen LogP contribution >= 0.6 is 0 Å². The third-order valence-electron chi connectivity index (χ3n) is 3.07. The zero-order chi connectivity index (χ0) is 16.1. The Hall–Kier alpha value is -3.41. The summed E-state index contributed by atoms with van der Waals surface area (Å²) in [5, 5.41) is 5.40. The van der Waals surface area contributed by atoms with E-state index in [0.29, 0.717) is 22.6 Å². The number of nitrogens with one attached hydrogen (secondary N) is 2. The first-order valence-electron chi connectivity index (χ1n) is 6.88. The van der Waals surface area contributed by atoms with Crippen LogP contribution in [0.4, 0.5) is 11.5 Å². The van der Waals surface area contributed by atoms with E-state index < -0.39 is 0 Å². The number of carbonyl (C=O) groups excluding carboxylic acids is 2. The van der Waals surface area contributed by atoms with E-state index in [1.54, 1.807) is 54.7 Å². The highest BCUT2D eigenvalue weighted by Crippen LogP contribution is 2.14. The molecule has 2 heterocycles. The quantitative estimate of drug-likeness (QED) is 0.775. The van der Waals surface area contributed by atoms with Crippen LogP contribution in [0.5, 0.6) is 0 Å². The Morgan fingerprint density at radius 2 is 1.78 bits per heavy atom. The monoisotopic (exact) mass is 307 g/mol. The topological polar surface area (TPSA) is 84.2 Å². The van der Waals surface area contributed by atoms with E-state index in [0.717, 1.165) is 0 Å². The van der Waals surface area contributed by atoms with Crippen molar-refractivity contribution in [2.75, 3.05) is 10.6 Å². The molecule has 0 aliphatic heterocycles. The lowest BCUT2D eigenvalue weighted by Crippen LogP contribution is -2.14. The van der Waals surface area contributed by atoms with E-state index in [2.05, 4.69) is 15.6 Å². The van der Waals surface area contributed by atoms with Gasteiger partial charge in [0.05, 0.1) is 11.8 Å². The summed E-state index contributed by atoms with van der Waals surface area (Å²) in [6, 6.07) is 13.5. The molecular weight excluding hydrogens is 294 g/mol. The summed E-state index contributed by atoms with van der Waals surface area (Å²) < 4.78 is 4.87. The van der Waals surface area contributed by atoms with Crippen LogP contribution in [0.3, 0.4) is 0 Å². The van der Waals surface area contributed by atoms with Crippen molar-refractivity contribution in [1.29, 1.82) is 0 Å². The molecule has 2 N–H and O–H groups in total. The molecule has 0 spiro atoms. The van der Waals surface area contributed by atoms with Gasteiger partial charge in [-0.2, -0.15) is 0 Å². The van der Waals surface area contributed by atoms with Gasteiger partial charge in [-0.1, -0.05) is 12.1 Å². The van der Waals surface area contributed by atoms with Crippen LogP contribution in [0, 0.1) is 0 Å². The Bertz CT molecular complexity index is 814. The number of hydrogen-bond acceptors (Lipinski definition) is 4. The van der Waals surface area contributed by atoms with Crippen molar-refractivity contribution in [2.45, 2.75) is 0 Å². The van der Waals surface area contributed by atoms with Crippen LogP contribution in [0.25, 0.3) is 0 Å². The average Bonchev–Trinajstić information content (AvgIpc) is 3.11. The summed E-state index contributed by atoms with van der Waals surface area (Å²) in [5.74, 6) is -0.144. The Balaban J connectivity index is 1.72. The van der Waals surface area contributed by atoms with Crippen LogP contribution in [0.2, 0.25) is 0 Å². The number of benzene rings is 1. The second kappa shape index (κ2) is 6.57. The summed E-state index contributed by atoms with van der Waals surface area (Å²) in [5.41, 5.74) is 1.35. The molecule has 0 radical (unpaired) electrons. The minimum Gasteiger partial charge on any atom is -0.472 e. The van der Waals surface area contributed by atoms with Gasteiger partial charge in [0.2, 0.25) is 0 Å². The molecule has 23 heavy (non-hydrogen) atoms. The Kier molecular flexibility index (Phi) is 4.15. The van der Waals surface area contributed by atoms with Crippen molar-refractivity contribution in [3.8, 4) is 0 Å². The fourth-order valence-corrected chi connectivity index (χ4v) is 1.96. The smallest absolute Gasteiger partial charge is 0.258 e. The lowest BCUT2D eigenvalue weighted by molar-refractivity contribution is 0.101. The molecule has 114 valence electrons. The number of nitrogens with zero attached hydrogens (tertiary/aromatic N) is 1. The van der Waals surface area contributed by atoms with Gasteiger partial charge in [-0.15, -0.1) is 0 Å². The van der Waals surface area contributed by atoms with Crippen molar-refractivity contribution >= 4 is 23.3 Å². The van der Waals surface area contributed by atoms with Gasteiger partial charge in [-0.3, -0.25) is 9.59 Å². The van der Waals surface area contributed by atoms with Gasteiger partial charge in [-0.25, -0.2) is 4.98 Å². The summed E-state index contributed by atoms with van der Waals surface area (Å²) in [6.07, 6.45) is 4.37. The van der Waals surface area contributed by atoms with E-state index in [4.69, 9.17) is 4.42 Å². The fourth-order valence-electron chi connectivity index (χ4n) is 1.96. The maximum absolute atomic E-state index is 12.2. The molecule has 0 fully saturated rings. The number of amides is 2. The van der Waals surface area contributed by atoms with Crippen molar-refractivity contribution in [3.05, 3.63) is 78.4 Å². The van der Waals surface area contributed by atoms with E-state index in [-0.39, 0.29) is 11.8 Å². The number of rotatable bonds is 4. The first-order valence-corrected chi connectivity index (χ1v) is 6.88. The number of carbonyl (C=O) groups is 2. The van der Waals surface area contributed by atoms with Gasteiger partial charge < -0.3 is 15.1 Å². The third-order valence-corrected chi connectivity index (χ3v) is 3.07. The second-order valence-corrected chi connectivity index (χ2v) is 4.72. The van der Waals surface area contributed by atoms with E-state index in [1.165, 1.54) is 12.5 Å². The van der Waals surface area contributed by atoms with Crippen LogP contribution in [0.1, 0.15) is 20.7 Å². The molecule has 0 atom stereocenters. The highest BCUT2D eigenvalue weighted by Gasteiger charge is 2.10. The maximum atomic E-state index is 12.2. The van der Waals surface area contributed by atoms with E-state index in [1.807, 2.05) is 0 Å². The molecule has 1 aromatic carbocycles. The summed E-state index contributed by atoms with van der Waals surface area (Å²) in [4.78, 5) is 28.2. The van der Waals surface area contributed by atoms with Crippen molar-refractivity contribution < 1.29 is 14.0 Å². The number of anilines is 2. The lowest BCUT2D eigenvalue weighted by atomic mass is 10.2. The number of furan rings is 1. The number of pyridine rings is 1. The summed E-state index contributed by atoms with van der Waals surface area (Å²) in [6.45, 7) is 0. The molecule has 6 nitrogen and oxygen atoms in total. The van der Waals surface area contributed by atoms with Crippen LogP contribution in [-0.2, 0) is 0 Å². The molecule has 0 aliphatic carbocycles. The first kappa shape index (κ1) is 14.5. The SMILES string of the molecule is O=C(Nc1cccc(C(=O)Nc2ccccn2)c1)c1ccoc1. The van der Waals surface area contributed by atoms with E-state index in [9.17, 15) is 9.59 Å². The first-order chi connectivity index (χ1) is 11.2. The molecule has 3 rings (SSSR count).